The number of halogens is 3. The molecule has 0 fully saturated rings. The summed E-state index contributed by atoms with van der Waals surface area (Å²) in [4.78, 5) is 12.5. The Labute approximate surface area is 265 Å². The van der Waals surface area contributed by atoms with Crippen molar-refractivity contribution in [2.75, 3.05) is 0 Å². The first-order chi connectivity index (χ1) is 21.1. The van der Waals surface area contributed by atoms with Crippen LogP contribution in [0.3, 0.4) is 0 Å². The zero-order chi connectivity index (χ0) is 31.3. The zero-order valence-electron chi connectivity index (χ0n) is 23.3. The van der Waals surface area contributed by atoms with E-state index in [0.29, 0.717) is 16.1 Å². The lowest BCUT2D eigenvalue weighted by Crippen LogP contribution is -2.31. The number of nitrogens with one attached hydrogen (secondary N) is 1. The number of phenolic OH excluding ortho intramolecular Hbond substituents is 1. The van der Waals surface area contributed by atoms with E-state index >= 15 is 0 Å². The predicted molar refractivity (Wildman–Crippen MR) is 170 cm³/mol. The van der Waals surface area contributed by atoms with Gasteiger partial charge in [-0.05, 0) is 70.3 Å². The number of rotatable bonds is 10. The third-order valence-corrected chi connectivity index (χ3v) is 9.29. The largest absolute Gasteiger partial charge is 0.505 e. The van der Waals surface area contributed by atoms with E-state index in [0.717, 1.165) is 27.1 Å². The van der Waals surface area contributed by atoms with Gasteiger partial charge in [0.05, 0.1) is 5.02 Å². The smallest absolute Gasteiger partial charge is 0.251 e. The number of sulfonamides is 1. The molecule has 0 aliphatic rings. The van der Waals surface area contributed by atoms with Crippen molar-refractivity contribution in [3.05, 3.63) is 153 Å². The SMILES string of the molecule is O=C(NCc1ccccc1)c1cc(Cl)c(O)c(S(=O)(=O)N(Cc2ccc(F)cc2)Cc2cccc(-c3ccc(Cl)cc3)c2)c1. The van der Waals surface area contributed by atoms with Crippen LogP contribution in [0.1, 0.15) is 27.0 Å². The molecular weight excluding hydrogens is 622 g/mol. The Bertz CT molecular complexity index is 1890. The van der Waals surface area contributed by atoms with Crippen molar-refractivity contribution in [2.24, 2.45) is 0 Å². The molecule has 0 heterocycles. The fourth-order valence-electron chi connectivity index (χ4n) is 4.64. The third-order valence-electron chi connectivity index (χ3n) is 6.94. The molecule has 6 nitrogen and oxygen atoms in total. The van der Waals surface area contributed by atoms with Gasteiger partial charge in [0.25, 0.3) is 5.91 Å². The molecule has 5 aromatic rings. The van der Waals surface area contributed by atoms with Crippen molar-refractivity contribution in [2.45, 2.75) is 24.5 Å². The zero-order valence-corrected chi connectivity index (χ0v) is 25.6. The minimum absolute atomic E-state index is 0.0335. The van der Waals surface area contributed by atoms with Crippen molar-refractivity contribution in [1.29, 1.82) is 0 Å². The summed E-state index contributed by atoms with van der Waals surface area (Å²) in [6, 6.07) is 31.6. The average molecular weight is 650 g/mol. The van der Waals surface area contributed by atoms with Crippen LogP contribution in [0.2, 0.25) is 10.0 Å². The summed E-state index contributed by atoms with van der Waals surface area (Å²) >= 11 is 12.3. The highest BCUT2D eigenvalue weighted by Gasteiger charge is 2.30. The number of carbonyl (C=O) groups is 1. The fourth-order valence-corrected chi connectivity index (χ4v) is 6.58. The first kappa shape index (κ1) is 31.2. The summed E-state index contributed by atoms with van der Waals surface area (Å²) in [5.74, 6) is -1.70. The second kappa shape index (κ2) is 13.6. The Morgan fingerprint density at radius 2 is 1.41 bits per heavy atom. The summed E-state index contributed by atoms with van der Waals surface area (Å²) in [6.45, 7) is -0.0290. The maximum absolute atomic E-state index is 14.2. The Morgan fingerprint density at radius 1 is 0.750 bits per heavy atom. The van der Waals surface area contributed by atoms with E-state index < -0.39 is 32.4 Å². The highest BCUT2D eigenvalue weighted by atomic mass is 35.5. The Morgan fingerprint density at radius 3 is 2.11 bits per heavy atom. The van der Waals surface area contributed by atoms with Crippen LogP contribution in [0.15, 0.2) is 120 Å². The second-order valence-corrected chi connectivity index (χ2v) is 12.8. The summed E-state index contributed by atoms with van der Waals surface area (Å²) in [6.07, 6.45) is 0. The van der Waals surface area contributed by atoms with Crippen LogP contribution in [-0.2, 0) is 29.7 Å². The van der Waals surface area contributed by atoms with Gasteiger partial charge in [-0.3, -0.25) is 4.79 Å². The lowest BCUT2D eigenvalue weighted by molar-refractivity contribution is 0.0950. The molecule has 0 aromatic heterocycles. The number of benzene rings is 5. The summed E-state index contributed by atoms with van der Waals surface area (Å²) < 4.78 is 43.2. The normalized spacial score (nSPS) is 11.5. The Hall–Kier alpha value is -4.21. The molecule has 2 N–H and O–H groups in total. The summed E-state index contributed by atoms with van der Waals surface area (Å²) in [7, 11) is -4.46. The van der Waals surface area contributed by atoms with E-state index in [1.807, 2.05) is 60.7 Å². The van der Waals surface area contributed by atoms with Crippen LogP contribution >= 0.6 is 23.2 Å². The van der Waals surface area contributed by atoms with Crippen LogP contribution in [0.4, 0.5) is 4.39 Å². The number of hydrogen-bond acceptors (Lipinski definition) is 4. The molecule has 0 saturated heterocycles. The monoisotopic (exact) mass is 648 g/mol. The Balaban J connectivity index is 1.50. The average Bonchev–Trinajstić information content (AvgIpc) is 3.02. The second-order valence-electron chi connectivity index (χ2n) is 10.1. The molecule has 224 valence electrons. The van der Waals surface area contributed by atoms with E-state index in [-0.39, 0.29) is 30.2 Å². The van der Waals surface area contributed by atoms with Crippen molar-refractivity contribution in [3.63, 3.8) is 0 Å². The molecule has 0 spiro atoms. The molecule has 5 aromatic carbocycles. The van der Waals surface area contributed by atoms with Crippen LogP contribution in [0, 0.1) is 5.82 Å². The van der Waals surface area contributed by atoms with Gasteiger partial charge in [-0.2, -0.15) is 4.31 Å². The molecule has 0 radical (unpaired) electrons. The van der Waals surface area contributed by atoms with Gasteiger partial charge in [-0.1, -0.05) is 96.0 Å². The van der Waals surface area contributed by atoms with E-state index in [1.165, 1.54) is 30.3 Å². The number of aromatic hydroxyl groups is 1. The maximum Gasteiger partial charge on any atom is 0.251 e. The van der Waals surface area contributed by atoms with Gasteiger partial charge in [0.2, 0.25) is 10.0 Å². The maximum atomic E-state index is 14.2. The highest BCUT2D eigenvalue weighted by molar-refractivity contribution is 7.89. The lowest BCUT2D eigenvalue weighted by atomic mass is 10.0. The van der Waals surface area contributed by atoms with Crippen LogP contribution in [0.5, 0.6) is 5.75 Å². The van der Waals surface area contributed by atoms with Gasteiger partial charge in [0.1, 0.15) is 10.7 Å². The molecule has 44 heavy (non-hydrogen) atoms. The Kier molecular flexibility index (Phi) is 9.66. The van der Waals surface area contributed by atoms with Gasteiger partial charge in [-0.15, -0.1) is 0 Å². The van der Waals surface area contributed by atoms with Gasteiger partial charge in [-0.25, -0.2) is 12.8 Å². The number of amides is 1. The lowest BCUT2D eigenvalue weighted by Gasteiger charge is -2.24. The molecule has 0 unspecified atom stereocenters. The fraction of sp³-hybridized carbons (Fsp3) is 0.0882. The molecule has 5 rings (SSSR count). The van der Waals surface area contributed by atoms with Gasteiger partial charge in [0.15, 0.2) is 5.75 Å². The number of nitrogens with zero attached hydrogens (tertiary/aromatic N) is 1. The minimum atomic E-state index is -4.46. The van der Waals surface area contributed by atoms with Gasteiger partial charge in [0, 0.05) is 30.2 Å². The highest BCUT2D eigenvalue weighted by Crippen LogP contribution is 2.35. The van der Waals surface area contributed by atoms with Crippen LogP contribution < -0.4 is 5.32 Å². The van der Waals surface area contributed by atoms with E-state index in [1.54, 1.807) is 18.2 Å². The van der Waals surface area contributed by atoms with Gasteiger partial charge >= 0.3 is 0 Å². The van der Waals surface area contributed by atoms with E-state index in [9.17, 15) is 22.7 Å². The van der Waals surface area contributed by atoms with E-state index in [2.05, 4.69) is 5.32 Å². The van der Waals surface area contributed by atoms with Crippen molar-refractivity contribution >= 4 is 39.1 Å². The van der Waals surface area contributed by atoms with Crippen molar-refractivity contribution < 1.29 is 22.7 Å². The standard InChI is InChI=1S/C34H27Cl2FN2O4S/c35-29-13-11-26(12-14-29)27-8-4-7-25(17-27)22-39(21-24-9-15-30(37)16-10-24)44(42,43)32-19-28(18-31(36)33(32)40)34(41)38-20-23-5-2-1-3-6-23/h1-19,40H,20-22H2,(H,38,41). The number of hydrogen-bond donors (Lipinski definition) is 2. The minimum Gasteiger partial charge on any atom is -0.505 e. The van der Waals surface area contributed by atoms with Crippen molar-refractivity contribution in [1.82, 2.24) is 9.62 Å². The van der Waals surface area contributed by atoms with Crippen LogP contribution in [0.25, 0.3) is 11.1 Å². The molecule has 10 heteroatoms. The molecule has 0 bridgehead atoms. The predicted octanol–water partition coefficient (Wildman–Crippen LogP) is 7.83. The molecule has 0 aliphatic carbocycles. The molecule has 0 atom stereocenters. The van der Waals surface area contributed by atoms with Gasteiger partial charge < -0.3 is 10.4 Å². The van der Waals surface area contributed by atoms with Crippen molar-refractivity contribution in [3.8, 4) is 16.9 Å². The number of carbonyl (C=O) groups excluding carboxylic acids is 1. The summed E-state index contributed by atoms with van der Waals surface area (Å²) in [5.41, 5.74) is 3.74. The first-order valence-corrected chi connectivity index (χ1v) is 15.7. The van der Waals surface area contributed by atoms with Crippen LogP contribution in [-0.4, -0.2) is 23.7 Å². The quantitative estimate of drug-likeness (QED) is 0.162. The molecule has 0 saturated carbocycles. The molecule has 1 amide bonds. The summed E-state index contributed by atoms with van der Waals surface area (Å²) in [5, 5.41) is 13.9. The first-order valence-electron chi connectivity index (χ1n) is 13.5. The molecular formula is C34H27Cl2FN2O4S. The topological polar surface area (TPSA) is 86.7 Å². The molecule has 0 aliphatic heterocycles. The number of phenols is 1. The third kappa shape index (κ3) is 7.46. The van der Waals surface area contributed by atoms with E-state index in [4.69, 9.17) is 23.2 Å².